The van der Waals surface area contributed by atoms with E-state index in [1.807, 2.05) is 0 Å². The molecule has 0 aliphatic carbocycles. The van der Waals surface area contributed by atoms with Crippen molar-refractivity contribution >= 4 is 67.4 Å². The Morgan fingerprint density at radius 1 is 1.08 bits per heavy atom. The van der Waals surface area contributed by atoms with Crippen molar-refractivity contribution < 1.29 is 17.6 Å². The minimum atomic E-state index is -4.35. The third kappa shape index (κ3) is 4.20. The molecule has 0 heterocycles. The zero-order valence-electron chi connectivity index (χ0n) is 12.5. The van der Waals surface area contributed by atoms with Crippen LogP contribution in [0.4, 0.5) is 10.1 Å². The van der Waals surface area contributed by atoms with Gasteiger partial charge >= 0.3 is 0 Å². The molecular formula is C15H10Cl4FNO3S. The van der Waals surface area contributed by atoms with Gasteiger partial charge in [-0.2, -0.15) is 0 Å². The second-order valence-corrected chi connectivity index (χ2v) is 8.36. The van der Waals surface area contributed by atoms with E-state index in [2.05, 4.69) is 0 Å². The Morgan fingerprint density at radius 3 is 2.28 bits per heavy atom. The summed E-state index contributed by atoms with van der Waals surface area (Å²) in [4.78, 5) is 11.3. The summed E-state index contributed by atoms with van der Waals surface area (Å²) < 4.78 is 40.3. The molecule has 0 aliphatic heterocycles. The number of rotatable bonds is 5. The first-order valence-electron chi connectivity index (χ1n) is 6.69. The normalized spacial score (nSPS) is 12.7. The predicted octanol–water partition coefficient (Wildman–Crippen LogP) is 5.14. The number of nitrogens with zero attached hydrogens (tertiary/aromatic N) is 1. The molecule has 134 valence electrons. The average Bonchev–Trinajstić information content (AvgIpc) is 2.52. The van der Waals surface area contributed by atoms with E-state index in [1.54, 1.807) is 0 Å². The smallest absolute Gasteiger partial charge is 0.266 e. The van der Waals surface area contributed by atoms with Gasteiger partial charge in [0.1, 0.15) is 16.8 Å². The van der Waals surface area contributed by atoms with Gasteiger partial charge < -0.3 is 0 Å². The van der Waals surface area contributed by atoms with Crippen LogP contribution in [0.1, 0.15) is 6.92 Å². The summed E-state index contributed by atoms with van der Waals surface area (Å²) >= 11 is 23.1. The van der Waals surface area contributed by atoms with Gasteiger partial charge in [-0.1, -0.05) is 34.8 Å². The molecule has 0 saturated heterocycles. The van der Waals surface area contributed by atoms with Crippen LogP contribution in [-0.4, -0.2) is 19.7 Å². The van der Waals surface area contributed by atoms with E-state index < -0.39 is 27.1 Å². The van der Waals surface area contributed by atoms with Crippen molar-refractivity contribution in [2.45, 2.75) is 17.9 Å². The molecule has 0 radical (unpaired) electrons. The maximum absolute atomic E-state index is 13.4. The third-order valence-corrected chi connectivity index (χ3v) is 6.49. The maximum atomic E-state index is 13.4. The first kappa shape index (κ1) is 20.3. The van der Waals surface area contributed by atoms with Gasteiger partial charge in [-0.25, -0.2) is 12.8 Å². The Labute approximate surface area is 164 Å². The minimum Gasteiger partial charge on any atom is -0.279 e. The molecule has 1 atom stereocenters. The summed E-state index contributed by atoms with van der Waals surface area (Å²) in [5.41, 5.74) is -0.0519. The lowest BCUT2D eigenvalue weighted by molar-refractivity contribution is -0.112. The van der Waals surface area contributed by atoms with E-state index in [4.69, 9.17) is 46.4 Å². The quantitative estimate of drug-likeness (QED) is 0.600. The number of benzene rings is 2. The molecule has 2 rings (SSSR count). The Morgan fingerprint density at radius 2 is 1.72 bits per heavy atom. The Balaban J connectivity index is 2.72. The number of carbonyl (C=O) groups excluding carboxylic acids is 1. The number of hydrogen-bond acceptors (Lipinski definition) is 3. The first-order chi connectivity index (χ1) is 11.6. The van der Waals surface area contributed by atoms with Crippen LogP contribution >= 0.6 is 46.4 Å². The van der Waals surface area contributed by atoms with E-state index in [9.17, 15) is 17.6 Å². The first-order valence-corrected chi connectivity index (χ1v) is 9.64. The van der Waals surface area contributed by atoms with Crippen LogP contribution in [0.25, 0.3) is 0 Å². The van der Waals surface area contributed by atoms with Crippen molar-refractivity contribution in [2.24, 2.45) is 0 Å². The molecule has 2 aromatic rings. The monoisotopic (exact) mass is 443 g/mol. The lowest BCUT2D eigenvalue weighted by Crippen LogP contribution is -2.42. The molecule has 0 saturated carbocycles. The number of sulfonamides is 1. The third-order valence-electron chi connectivity index (χ3n) is 3.27. The molecule has 25 heavy (non-hydrogen) atoms. The zero-order valence-corrected chi connectivity index (χ0v) is 16.4. The van der Waals surface area contributed by atoms with Crippen molar-refractivity contribution in [3.63, 3.8) is 0 Å². The van der Waals surface area contributed by atoms with Gasteiger partial charge in [0.2, 0.25) is 5.24 Å². The number of hydrogen-bond donors (Lipinski definition) is 0. The molecule has 0 amide bonds. The topological polar surface area (TPSA) is 54.5 Å². The van der Waals surface area contributed by atoms with Crippen LogP contribution in [0.3, 0.4) is 0 Å². The summed E-state index contributed by atoms with van der Waals surface area (Å²) in [5, 5.41) is -1.23. The van der Waals surface area contributed by atoms with Crippen molar-refractivity contribution in [3.8, 4) is 0 Å². The van der Waals surface area contributed by atoms with Crippen molar-refractivity contribution in [1.29, 1.82) is 0 Å². The molecule has 0 fully saturated rings. The SMILES string of the molecule is CC(C(=O)Cl)N(c1ccc(F)c(Cl)c1)S(=O)(=O)c1cc(Cl)ccc1Cl. The fourth-order valence-electron chi connectivity index (χ4n) is 2.07. The van der Waals surface area contributed by atoms with E-state index in [0.29, 0.717) is 4.31 Å². The van der Waals surface area contributed by atoms with Crippen LogP contribution in [0, 0.1) is 5.82 Å². The molecule has 0 aromatic heterocycles. The van der Waals surface area contributed by atoms with Crippen LogP contribution in [0.5, 0.6) is 0 Å². The predicted molar refractivity (Wildman–Crippen MR) is 97.9 cm³/mol. The Hall–Kier alpha value is -1.05. The summed E-state index contributed by atoms with van der Waals surface area (Å²) in [6, 6.07) is 5.77. The average molecular weight is 445 g/mol. The molecule has 0 spiro atoms. The lowest BCUT2D eigenvalue weighted by atomic mass is 10.2. The Bertz CT molecular complexity index is 936. The molecule has 1 unspecified atom stereocenters. The van der Waals surface area contributed by atoms with Crippen LogP contribution in [-0.2, 0) is 14.8 Å². The van der Waals surface area contributed by atoms with Gasteiger partial charge in [0, 0.05) is 5.02 Å². The zero-order chi connectivity index (χ0) is 18.9. The van der Waals surface area contributed by atoms with E-state index in [1.165, 1.54) is 19.1 Å². The molecule has 4 nitrogen and oxygen atoms in total. The van der Waals surface area contributed by atoms with Crippen LogP contribution in [0.2, 0.25) is 15.1 Å². The fraction of sp³-hybridized carbons (Fsp3) is 0.133. The van der Waals surface area contributed by atoms with E-state index in [-0.39, 0.29) is 25.7 Å². The van der Waals surface area contributed by atoms with Crippen molar-refractivity contribution in [1.82, 2.24) is 0 Å². The minimum absolute atomic E-state index is 0.0519. The standard InChI is InChI=1S/C15H10Cl4FNO3S/c1-8(15(19)22)21(10-3-5-13(20)12(18)7-10)25(23,24)14-6-9(16)2-4-11(14)17/h2-8H,1H3. The van der Waals surface area contributed by atoms with Crippen molar-refractivity contribution in [2.75, 3.05) is 4.31 Å². The molecule has 0 aliphatic rings. The molecule has 10 heteroatoms. The number of carbonyl (C=O) groups is 1. The van der Waals surface area contributed by atoms with Crippen LogP contribution < -0.4 is 4.31 Å². The highest BCUT2D eigenvalue weighted by Gasteiger charge is 2.34. The molecule has 0 N–H and O–H groups in total. The van der Waals surface area contributed by atoms with Crippen molar-refractivity contribution in [3.05, 3.63) is 57.3 Å². The molecule has 0 bridgehead atoms. The highest BCUT2D eigenvalue weighted by Crippen LogP contribution is 2.34. The Kier molecular flexibility index (Phi) is 6.22. The summed E-state index contributed by atoms with van der Waals surface area (Å²) in [7, 11) is -4.35. The van der Waals surface area contributed by atoms with Gasteiger partial charge in [0.25, 0.3) is 10.0 Å². The number of anilines is 1. The second kappa shape index (κ2) is 7.68. The van der Waals surface area contributed by atoms with E-state index >= 15 is 0 Å². The molecular weight excluding hydrogens is 435 g/mol. The summed E-state index contributed by atoms with van der Waals surface area (Å²) in [6.07, 6.45) is 0. The van der Waals surface area contributed by atoms with Gasteiger partial charge in [0.15, 0.2) is 0 Å². The van der Waals surface area contributed by atoms with E-state index in [0.717, 1.165) is 24.3 Å². The van der Waals surface area contributed by atoms with Gasteiger partial charge in [-0.05, 0) is 54.9 Å². The largest absolute Gasteiger partial charge is 0.279 e. The highest BCUT2D eigenvalue weighted by molar-refractivity contribution is 7.93. The summed E-state index contributed by atoms with van der Waals surface area (Å²) in [6.45, 7) is 1.28. The highest BCUT2D eigenvalue weighted by atomic mass is 35.5. The second-order valence-electron chi connectivity index (χ2n) is 4.95. The van der Waals surface area contributed by atoms with Gasteiger partial charge in [-0.3, -0.25) is 9.10 Å². The molecule has 2 aromatic carbocycles. The van der Waals surface area contributed by atoms with Gasteiger partial charge in [-0.15, -0.1) is 0 Å². The summed E-state index contributed by atoms with van der Waals surface area (Å²) in [5.74, 6) is -0.742. The van der Waals surface area contributed by atoms with Gasteiger partial charge in [0.05, 0.1) is 15.7 Å². The lowest BCUT2D eigenvalue weighted by Gasteiger charge is -2.29. The van der Waals surface area contributed by atoms with Crippen LogP contribution in [0.15, 0.2) is 41.3 Å². The maximum Gasteiger partial charge on any atom is 0.266 e. The number of halogens is 5. The fourth-order valence-corrected chi connectivity index (χ4v) is 4.75.